The normalized spacial score (nSPS) is 10.9. The van der Waals surface area contributed by atoms with Gasteiger partial charge in [0.1, 0.15) is 0 Å². The van der Waals surface area contributed by atoms with Crippen molar-refractivity contribution in [2.75, 3.05) is 5.75 Å². The quantitative estimate of drug-likeness (QED) is 0.490. The van der Waals surface area contributed by atoms with Crippen LogP contribution in [0.25, 0.3) is 0 Å². The van der Waals surface area contributed by atoms with Crippen LogP contribution in [-0.2, 0) is 4.79 Å². The van der Waals surface area contributed by atoms with Gasteiger partial charge in [-0.1, -0.05) is 30.3 Å². The highest BCUT2D eigenvalue weighted by Crippen LogP contribution is 2.17. The molecule has 0 saturated heterocycles. The van der Waals surface area contributed by atoms with Crippen molar-refractivity contribution in [1.82, 2.24) is 5.43 Å². The number of nitrogens with one attached hydrogen (secondary N) is 1. The molecule has 0 unspecified atom stereocenters. The summed E-state index contributed by atoms with van der Waals surface area (Å²) in [6.45, 7) is 6.26. The van der Waals surface area contributed by atoms with Gasteiger partial charge in [0.2, 0.25) is 5.91 Å². The molecule has 2 aromatic rings. The number of carbonyl (C=O) groups is 1. The summed E-state index contributed by atoms with van der Waals surface area (Å²) < 4.78 is 0. The van der Waals surface area contributed by atoms with Gasteiger partial charge in [0.05, 0.1) is 6.21 Å². The average molecular weight is 326 g/mol. The Morgan fingerprint density at radius 1 is 1.09 bits per heavy atom. The smallest absolute Gasteiger partial charge is 0.240 e. The first kappa shape index (κ1) is 17.3. The number of hydrazone groups is 1. The molecule has 120 valence electrons. The molecule has 1 amide bonds. The van der Waals surface area contributed by atoms with Crippen LogP contribution in [0.1, 0.15) is 28.7 Å². The van der Waals surface area contributed by atoms with E-state index < -0.39 is 0 Å². The van der Waals surface area contributed by atoms with E-state index in [2.05, 4.69) is 37.4 Å². The van der Waals surface area contributed by atoms with Gasteiger partial charge in [-0.25, -0.2) is 5.43 Å². The molecule has 0 aliphatic carbocycles. The predicted molar refractivity (Wildman–Crippen MR) is 98.2 cm³/mol. The van der Waals surface area contributed by atoms with Crippen LogP contribution in [0.3, 0.4) is 0 Å². The highest BCUT2D eigenvalue weighted by molar-refractivity contribution is 7.99. The minimum absolute atomic E-state index is 0.0637. The van der Waals surface area contributed by atoms with E-state index in [0.717, 1.165) is 11.3 Å². The Kier molecular flexibility index (Phi) is 6.41. The largest absolute Gasteiger partial charge is 0.273 e. The number of benzene rings is 2. The molecule has 4 heteroatoms. The molecule has 0 radical (unpaired) electrons. The molecule has 1 N–H and O–H groups in total. The summed E-state index contributed by atoms with van der Waals surface area (Å²) in [6.07, 6.45) is 2.16. The van der Waals surface area contributed by atoms with Gasteiger partial charge in [-0.05, 0) is 55.2 Å². The lowest BCUT2D eigenvalue weighted by atomic mass is 10.00. The summed E-state index contributed by atoms with van der Waals surface area (Å²) in [7, 11) is 0. The number of aryl methyl sites for hydroxylation is 1. The summed E-state index contributed by atoms with van der Waals surface area (Å²) in [6, 6.07) is 14.2. The van der Waals surface area contributed by atoms with Crippen LogP contribution in [-0.4, -0.2) is 17.9 Å². The van der Waals surface area contributed by atoms with E-state index in [0.29, 0.717) is 6.42 Å². The van der Waals surface area contributed by atoms with Crippen LogP contribution < -0.4 is 5.43 Å². The summed E-state index contributed by atoms with van der Waals surface area (Å²) in [5.74, 6) is 0.680. The van der Waals surface area contributed by atoms with Gasteiger partial charge in [-0.15, -0.1) is 11.8 Å². The van der Waals surface area contributed by atoms with Crippen molar-refractivity contribution in [3.63, 3.8) is 0 Å². The molecule has 0 spiro atoms. The first-order valence-corrected chi connectivity index (χ1v) is 8.63. The third-order valence-corrected chi connectivity index (χ3v) is 4.85. The third kappa shape index (κ3) is 5.25. The molecule has 0 aromatic heterocycles. The Bertz CT molecular complexity index is 696. The molecule has 0 bridgehead atoms. The number of thioether (sulfide) groups is 1. The lowest BCUT2D eigenvalue weighted by Gasteiger charge is -2.07. The van der Waals surface area contributed by atoms with Crippen molar-refractivity contribution in [1.29, 1.82) is 0 Å². The Balaban J connectivity index is 1.79. The molecule has 2 aromatic carbocycles. The van der Waals surface area contributed by atoms with Crippen molar-refractivity contribution in [2.24, 2.45) is 5.10 Å². The molecule has 2 rings (SSSR count). The number of hydrogen-bond acceptors (Lipinski definition) is 3. The minimum atomic E-state index is -0.0637. The fraction of sp³-hybridized carbons (Fsp3) is 0.263. The molecule has 0 aliphatic heterocycles. The van der Waals surface area contributed by atoms with Gasteiger partial charge in [-0.2, -0.15) is 5.10 Å². The van der Waals surface area contributed by atoms with Gasteiger partial charge in [0, 0.05) is 17.1 Å². The second kappa shape index (κ2) is 8.53. The fourth-order valence-corrected chi connectivity index (χ4v) is 3.00. The number of hydrogen-bond donors (Lipinski definition) is 1. The molecule has 23 heavy (non-hydrogen) atoms. The summed E-state index contributed by atoms with van der Waals surface area (Å²) >= 11 is 1.67. The van der Waals surface area contributed by atoms with E-state index in [-0.39, 0.29) is 5.91 Å². The zero-order valence-corrected chi connectivity index (χ0v) is 14.6. The number of rotatable bonds is 6. The molecule has 0 saturated carbocycles. The molecule has 0 aliphatic rings. The number of nitrogens with zero attached hydrogens (tertiary/aromatic N) is 1. The fourth-order valence-electron chi connectivity index (χ4n) is 2.12. The Hall–Kier alpha value is -2.07. The number of amides is 1. The van der Waals surface area contributed by atoms with Crippen LogP contribution >= 0.6 is 11.8 Å². The molecule has 0 heterocycles. The zero-order chi connectivity index (χ0) is 16.7. The maximum atomic E-state index is 11.8. The predicted octanol–water partition coefficient (Wildman–Crippen LogP) is 4.24. The maximum Gasteiger partial charge on any atom is 0.240 e. The van der Waals surface area contributed by atoms with Crippen LogP contribution in [0.15, 0.2) is 52.5 Å². The van der Waals surface area contributed by atoms with E-state index >= 15 is 0 Å². The van der Waals surface area contributed by atoms with Gasteiger partial charge in [0.25, 0.3) is 0 Å². The Morgan fingerprint density at radius 3 is 2.57 bits per heavy atom. The van der Waals surface area contributed by atoms with E-state index in [9.17, 15) is 4.79 Å². The van der Waals surface area contributed by atoms with E-state index in [4.69, 9.17) is 0 Å². The second-order valence-corrected chi connectivity index (χ2v) is 6.59. The molecular formula is C19H22N2OS. The number of carbonyl (C=O) groups excluding carboxylic acids is 1. The Labute approximate surface area is 142 Å². The van der Waals surface area contributed by atoms with Crippen molar-refractivity contribution in [3.05, 3.63) is 64.7 Å². The monoisotopic (exact) mass is 326 g/mol. The van der Waals surface area contributed by atoms with E-state index in [1.165, 1.54) is 21.6 Å². The van der Waals surface area contributed by atoms with Crippen molar-refractivity contribution < 1.29 is 4.79 Å². The highest BCUT2D eigenvalue weighted by Gasteiger charge is 2.03. The van der Waals surface area contributed by atoms with Crippen molar-refractivity contribution in [3.8, 4) is 0 Å². The summed E-state index contributed by atoms with van der Waals surface area (Å²) in [5, 5.41) is 4.06. The SMILES string of the molecule is Cc1ccc(/C=N\NC(=O)CCSc2ccccc2)c(C)c1C. The zero-order valence-electron chi connectivity index (χ0n) is 13.8. The van der Waals surface area contributed by atoms with Crippen LogP contribution in [0.5, 0.6) is 0 Å². The van der Waals surface area contributed by atoms with Crippen LogP contribution in [0.2, 0.25) is 0 Å². The van der Waals surface area contributed by atoms with Crippen molar-refractivity contribution >= 4 is 23.9 Å². The van der Waals surface area contributed by atoms with E-state index in [1.54, 1.807) is 18.0 Å². The topological polar surface area (TPSA) is 41.5 Å². The first-order chi connectivity index (χ1) is 11.1. The third-order valence-electron chi connectivity index (χ3n) is 3.83. The molecular weight excluding hydrogens is 304 g/mol. The Morgan fingerprint density at radius 2 is 1.83 bits per heavy atom. The maximum absolute atomic E-state index is 11.8. The lowest BCUT2D eigenvalue weighted by Crippen LogP contribution is -2.17. The summed E-state index contributed by atoms with van der Waals surface area (Å²) in [4.78, 5) is 13.0. The lowest BCUT2D eigenvalue weighted by molar-refractivity contribution is -0.120. The van der Waals surface area contributed by atoms with Crippen LogP contribution in [0, 0.1) is 20.8 Å². The first-order valence-electron chi connectivity index (χ1n) is 7.64. The second-order valence-electron chi connectivity index (χ2n) is 5.43. The van der Waals surface area contributed by atoms with E-state index in [1.807, 2.05) is 36.4 Å². The average Bonchev–Trinajstić information content (AvgIpc) is 2.56. The highest BCUT2D eigenvalue weighted by atomic mass is 32.2. The molecule has 0 atom stereocenters. The standard InChI is InChI=1S/C19H22N2OS/c1-14-9-10-17(16(3)15(14)2)13-20-21-19(22)11-12-23-18-7-5-4-6-8-18/h4-10,13H,11-12H2,1-3H3,(H,21,22)/b20-13-. The molecule has 0 fully saturated rings. The molecule has 3 nitrogen and oxygen atoms in total. The van der Waals surface area contributed by atoms with Gasteiger partial charge < -0.3 is 0 Å². The minimum Gasteiger partial charge on any atom is -0.273 e. The van der Waals surface area contributed by atoms with Gasteiger partial charge in [0.15, 0.2) is 0 Å². The van der Waals surface area contributed by atoms with Crippen LogP contribution in [0.4, 0.5) is 0 Å². The van der Waals surface area contributed by atoms with Gasteiger partial charge in [-0.3, -0.25) is 4.79 Å². The van der Waals surface area contributed by atoms with Gasteiger partial charge >= 0.3 is 0 Å². The summed E-state index contributed by atoms with van der Waals surface area (Å²) in [5.41, 5.74) is 7.36. The van der Waals surface area contributed by atoms with Crippen molar-refractivity contribution in [2.45, 2.75) is 32.1 Å².